The van der Waals surface area contributed by atoms with Gasteiger partial charge in [0.05, 0.1) is 4.88 Å². The molecule has 0 radical (unpaired) electrons. The van der Waals surface area contributed by atoms with Gasteiger partial charge in [0, 0.05) is 50.1 Å². The maximum absolute atomic E-state index is 13.2. The highest BCUT2D eigenvalue weighted by Gasteiger charge is 2.43. The topological polar surface area (TPSA) is 43.9 Å². The van der Waals surface area contributed by atoms with Crippen LogP contribution in [0.3, 0.4) is 0 Å². The molecule has 1 aliphatic carbocycles. The molecule has 2 aliphatic heterocycles. The van der Waals surface area contributed by atoms with Crippen LogP contribution in [0.2, 0.25) is 0 Å². The van der Waals surface area contributed by atoms with E-state index in [4.69, 9.17) is 0 Å². The third kappa shape index (κ3) is 3.18. The predicted molar refractivity (Wildman–Crippen MR) is 104 cm³/mol. The van der Waals surface area contributed by atoms with E-state index in [-0.39, 0.29) is 17.4 Å². The summed E-state index contributed by atoms with van der Waals surface area (Å²) in [5, 5.41) is 0. The van der Waals surface area contributed by atoms with Crippen LogP contribution in [0.4, 0.5) is 0 Å². The number of hydrogen-bond donors (Lipinski definition) is 0. The SMILES string of the molecule is CN1CC[C@]2(CCC1=O)CN(C(=O)c1cc3c(s1)CCCC3)CCN2C. The lowest BCUT2D eigenvalue weighted by Crippen LogP contribution is -2.62. The van der Waals surface area contributed by atoms with Gasteiger partial charge in [0.2, 0.25) is 5.91 Å². The summed E-state index contributed by atoms with van der Waals surface area (Å²) in [6.07, 6.45) is 7.12. The Morgan fingerprint density at radius 3 is 2.69 bits per heavy atom. The Bertz CT molecular complexity index is 692. The van der Waals surface area contributed by atoms with Gasteiger partial charge in [0.1, 0.15) is 0 Å². The fourth-order valence-electron chi connectivity index (χ4n) is 4.68. The van der Waals surface area contributed by atoms with Crippen molar-refractivity contribution in [3.63, 3.8) is 0 Å². The lowest BCUT2D eigenvalue weighted by atomic mass is 9.86. The molecule has 2 amide bonds. The van der Waals surface area contributed by atoms with E-state index in [9.17, 15) is 9.59 Å². The fourth-order valence-corrected chi connectivity index (χ4v) is 5.91. The Hall–Kier alpha value is -1.40. The lowest BCUT2D eigenvalue weighted by Gasteiger charge is -2.49. The number of hydrogen-bond acceptors (Lipinski definition) is 4. The van der Waals surface area contributed by atoms with Gasteiger partial charge in [-0.15, -0.1) is 11.3 Å². The maximum Gasteiger partial charge on any atom is 0.264 e. The van der Waals surface area contributed by atoms with Crippen LogP contribution in [0.25, 0.3) is 0 Å². The fraction of sp³-hybridized carbons (Fsp3) is 0.700. The zero-order valence-electron chi connectivity index (χ0n) is 15.9. The normalized spacial score (nSPS) is 27.5. The van der Waals surface area contributed by atoms with Gasteiger partial charge >= 0.3 is 0 Å². The Labute approximate surface area is 159 Å². The van der Waals surface area contributed by atoms with Crippen LogP contribution >= 0.6 is 11.3 Å². The number of piperazine rings is 1. The molecule has 6 heteroatoms. The van der Waals surface area contributed by atoms with Gasteiger partial charge in [0.25, 0.3) is 5.91 Å². The van der Waals surface area contributed by atoms with E-state index >= 15 is 0 Å². The van der Waals surface area contributed by atoms with Crippen LogP contribution in [-0.2, 0) is 17.6 Å². The van der Waals surface area contributed by atoms with Crippen LogP contribution in [0.5, 0.6) is 0 Å². The first-order chi connectivity index (χ1) is 12.5. The Balaban J connectivity index is 1.53. The van der Waals surface area contributed by atoms with Gasteiger partial charge < -0.3 is 9.80 Å². The molecule has 26 heavy (non-hydrogen) atoms. The van der Waals surface area contributed by atoms with Gasteiger partial charge in [-0.1, -0.05) is 0 Å². The summed E-state index contributed by atoms with van der Waals surface area (Å²) >= 11 is 1.71. The number of thiophene rings is 1. The molecule has 2 fully saturated rings. The van der Waals surface area contributed by atoms with Gasteiger partial charge in [-0.2, -0.15) is 0 Å². The van der Waals surface area contributed by atoms with Crippen molar-refractivity contribution in [2.75, 3.05) is 40.3 Å². The number of carbonyl (C=O) groups excluding carboxylic acids is 2. The number of rotatable bonds is 1. The molecular formula is C20H29N3O2S. The monoisotopic (exact) mass is 375 g/mol. The number of fused-ring (bicyclic) bond motifs is 1. The van der Waals surface area contributed by atoms with Crippen LogP contribution in [0.15, 0.2) is 6.07 Å². The Morgan fingerprint density at radius 1 is 1.08 bits per heavy atom. The average molecular weight is 376 g/mol. The molecule has 0 bridgehead atoms. The van der Waals surface area contributed by atoms with Crippen molar-refractivity contribution in [3.8, 4) is 0 Å². The minimum absolute atomic E-state index is 0.0643. The highest BCUT2D eigenvalue weighted by molar-refractivity contribution is 7.14. The molecule has 0 saturated carbocycles. The first-order valence-electron chi connectivity index (χ1n) is 9.85. The summed E-state index contributed by atoms with van der Waals surface area (Å²) in [6.45, 7) is 3.18. The van der Waals surface area contributed by atoms with Crippen molar-refractivity contribution in [2.45, 2.75) is 50.5 Å². The Morgan fingerprint density at radius 2 is 1.88 bits per heavy atom. The van der Waals surface area contributed by atoms with Gasteiger partial charge in [-0.05, 0) is 57.2 Å². The van der Waals surface area contributed by atoms with E-state index in [1.54, 1.807) is 11.3 Å². The second-order valence-corrected chi connectivity index (χ2v) is 9.34. The first-order valence-corrected chi connectivity index (χ1v) is 10.7. The third-order valence-electron chi connectivity index (χ3n) is 6.64. The first kappa shape index (κ1) is 18.0. The summed E-state index contributed by atoms with van der Waals surface area (Å²) in [4.78, 5) is 34.0. The van der Waals surface area contributed by atoms with Crippen LogP contribution in [0, 0.1) is 0 Å². The highest BCUT2D eigenvalue weighted by atomic mass is 32.1. The molecule has 142 valence electrons. The molecule has 2 saturated heterocycles. The van der Waals surface area contributed by atoms with Crippen molar-refractivity contribution < 1.29 is 9.59 Å². The molecule has 0 unspecified atom stereocenters. The van der Waals surface area contributed by atoms with E-state index in [1.807, 2.05) is 16.8 Å². The predicted octanol–water partition coefficient (Wildman–Crippen LogP) is 2.40. The zero-order valence-corrected chi connectivity index (χ0v) is 16.7. The molecule has 0 aromatic carbocycles. The summed E-state index contributed by atoms with van der Waals surface area (Å²) in [7, 11) is 4.05. The van der Waals surface area contributed by atoms with Crippen LogP contribution in [0.1, 0.15) is 52.2 Å². The summed E-state index contributed by atoms with van der Waals surface area (Å²) in [6, 6.07) is 2.15. The van der Waals surface area contributed by atoms with Crippen molar-refractivity contribution in [1.82, 2.24) is 14.7 Å². The largest absolute Gasteiger partial charge is 0.346 e. The molecule has 3 aliphatic rings. The number of carbonyl (C=O) groups is 2. The van der Waals surface area contributed by atoms with Crippen molar-refractivity contribution in [3.05, 3.63) is 21.4 Å². The van der Waals surface area contributed by atoms with Gasteiger partial charge in [0.15, 0.2) is 0 Å². The van der Waals surface area contributed by atoms with E-state index in [2.05, 4.69) is 18.0 Å². The minimum Gasteiger partial charge on any atom is -0.346 e. The zero-order chi connectivity index (χ0) is 18.3. The molecule has 0 N–H and O–H groups in total. The summed E-state index contributed by atoms with van der Waals surface area (Å²) in [5.41, 5.74) is 1.33. The van der Waals surface area contributed by atoms with Crippen LogP contribution < -0.4 is 0 Å². The molecule has 1 spiro atoms. The van der Waals surface area contributed by atoms with E-state index in [1.165, 1.54) is 23.3 Å². The minimum atomic E-state index is -0.0643. The number of nitrogens with zero attached hydrogens (tertiary/aromatic N) is 3. The molecule has 1 aromatic heterocycles. The smallest absolute Gasteiger partial charge is 0.264 e. The van der Waals surface area contributed by atoms with Crippen molar-refractivity contribution >= 4 is 23.2 Å². The van der Waals surface area contributed by atoms with E-state index in [0.717, 1.165) is 56.7 Å². The van der Waals surface area contributed by atoms with Gasteiger partial charge in [-0.25, -0.2) is 0 Å². The summed E-state index contributed by atoms with van der Waals surface area (Å²) < 4.78 is 0. The molecular weight excluding hydrogens is 346 g/mol. The van der Waals surface area contributed by atoms with Crippen molar-refractivity contribution in [1.29, 1.82) is 0 Å². The third-order valence-corrected chi connectivity index (χ3v) is 7.86. The van der Waals surface area contributed by atoms with E-state index < -0.39 is 0 Å². The second-order valence-electron chi connectivity index (χ2n) is 8.20. The molecule has 1 aromatic rings. The number of likely N-dealkylation sites (tertiary alicyclic amines) is 1. The summed E-state index contributed by atoms with van der Waals surface area (Å²) in [5.74, 6) is 0.422. The molecule has 4 rings (SSSR count). The van der Waals surface area contributed by atoms with Crippen LogP contribution in [-0.4, -0.2) is 72.3 Å². The highest BCUT2D eigenvalue weighted by Crippen LogP contribution is 2.34. The van der Waals surface area contributed by atoms with E-state index in [0.29, 0.717) is 6.42 Å². The second kappa shape index (κ2) is 6.97. The maximum atomic E-state index is 13.2. The number of amides is 2. The average Bonchev–Trinajstić information content (AvgIpc) is 3.03. The number of aryl methyl sites for hydroxylation is 2. The quantitative estimate of drug-likeness (QED) is 0.757. The number of likely N-dealkylation sites (N-methyl/N-ethyl adjacent to an activating group) is 1. The molecule has 5 nitrogen and oxygen atoms in total. The van der Waals surface area contributed by atoms with Gasteiger partial charge in [-0.3, -0.25) is 14.5 Å². The molecule has 3 heterocycles. The molecule has 1 atom stereocenters. The standard InChI is InChI=1S/C20H29N3O2S/c1-21-10-9-20(8-7-18(21)24)14-23(12-11-22(20)2)19(25)17-13-15-5-3-4-6-16(15)26-17/h13H,3-12,14H2,1-2H3/t20-/m1/s1. The Kier molecular flexibility index (Phi) is 4.82. The lowest BCUT2D eigenvalue weighted by molar-refractivity contribution is -0.129. The van der Waals surface area contributed by atoms with Crippen molar-refractivity contribution in [2.24, 2.45) is 0 Å².